The molecule has 110 valence electrons. The van der Waals surface area contributed by atoms with Gasteiger partial charge in [0, 0.05) is 11.8 Å². The monoisotopic (exact) mass is 276 g/mol. The summed E-state index contributed by atoms with van der Waals surface area (Å²) in [7, 11) is 0. The molecule has 0 saturated heterocycles. The molecule has 0 aliphatic rings. The Kier molecular flexibility index (Phi) is 6.11. The van der Waals surface area contributed by atoms with Crippen LogP contribution in [0, 0.1) is 12.8 Å². The minimum atomic E-state index is -0.712. The van der Waals surface area contributed by atoms with Crippen LogP contribution in [0.1, 0.15) is 43.4 Å². The molecule has 1 aromatic carbocycles. The molecule has 1 aromatic rings. The highest BCUT2D eigenvalue weighted by molar-refractivity contribution is 5.78. The van der Waals surface area contributed by atoms with Gasteiger partial charge < -0.3 is 10.2 Å². The summed E-state index contributed by atoms with van der Waals surface area (Å²) in [6, 6.07) is 5.99. The van der Waals surface area contributed by atoms with Crippen LogP contribution in [0.3, 0.4) is 0 Å². The molecule has 3 nitrogen and oxygen atoms in total. The molecule has 0 spiro atoms. The largest absolute Gasteiger partial charge is 0.392 e. The SMILES string of the molecule is CC(=O)[C@H](C)[C@@H](O)[C@H](C)c1ccc(C)cc1/C=C/CO. The molecule has 0 aliphatic carbocycles. The first-order valence-corrected chi connectivity index (χ1v) is 6.95. The van der Waals surface area contributed by atoms with Gasteiger partial charge in [-0.15, -0.1) is 0 Å². The van der Waals surface area contributed by atoms with Crippen molar-refractivity contribution in [1.29, 1.82) is 0 Å². The summed E-state index contributed by atoms with van der Waals surface area (Å²) in [5.74, 6) is -0.544. The first-order valence-electron chi connectivity index (χ1n) is 6.95. The fourth-order valence-electron chi connectivity index (χ4n) is 2.29. The summed E-state index contributed by atoms with van der Waals surface area (Å²) in [5.41, 5.74) is 3.08. The van der Waals surface area contributed by atoms with Crippen LogP contribution in [0.4, 0.5) is 0 Å². The number of benzene rings is 1. The van der Waals surface area contributed by atoms with E-state index >= 15 is 0 Å². The van der Waals surface area contributed by atoms with Crippen molar-refractivity contribution in [3.05, 3.63) is 41.0 Å². The van der Waals surface area contributed by atoms with Gasteiger partial charge in [-0.25, -0.2) is 0 Å². The number of aliphatic hydroxyl groups excluding tert-OH is 2. The molecule has 1 rings (SSSR count). The number of carbonyl (C=O) groups excluding carboxylic acids is 1. The second-order valence-corrected chi connectivity index (χ2v) is 5.40. The second-order valence-electron chi connectivity index (χ2n) is 5.40. The average Bonchev–Trinajstić information content (AvgIpc) is 2.42. The van der Waals surface area contributed by atoms with Gasteiger partial charge in [0.15, 0.2) is 0 Å². The molecule has 0 bridgehead atoms. The van der Waals surface area contributed by atoms with Gasteiger partial charge in [0.05, 0.1) is 12.7 Å². The van der Waals surface area contributed by atoms with Crippen molar-refractivity contribution in [1.82, 2.24) is 0 Å². The number of aryl methyl sites for hydroxylation is 1. The Balaban J connectivity index is 3.11. The number of aliphatic hydroxyl groups is 2. The van der Waals surface area contributed by atoms with Gasteiger partial charge in [-0.05, 0) is 25.0 Å². The van der Waals surface area contributed by atoms with E-state index in [1.54, 1.807) is 13.0 Å². The van der Waals surface area contributed by atoms with E-state index in [-0.39, 0.29) is 24.2 Å². The Morgan fingerprint density at radius 3 is 2.55 bits per heavy atom. The third-order valence-electron chi connectivity index (χ3n) is 3.80. The number of ketones is 1. The molecule has 3 atom stereocenters. The predicted molar refractivity (Wildman–Crippen MR) is 81.6 cm³/mol. The Bertz CT molecular complexity index is 491. The lowest BCUT2D eigenvalue weighted by molar-refractivity contribution is -0.123. The number of hydrogen-bond donors (Lipinski definition) is 2. The minimum absolute atomic E-state index is 0.0103. The maximum Gasteiger partial charge on any atom is 0.135 e. The van der Waals surface area contributed by atoms with Crippen molar-refractivity contribution in [2.24, 2.45) is 5.92 Å². The zero-order valence-electron chi connectivity index (χ0n) is 12.6. The molecule has 0 heterocycles. The van der Waals surface area contributed by atoms with Crippen molar-refractivity contribution >= 4 is 11.9 Å². The summed E-state index contributed by atoms with van der Waals surface area (Å²) in [6.07, 6.45) is 2.81. The zero-order chi connectivity index (χ0) is 15.3. The van der Waals surface area contributed by atoms with Gasteiger partial charge in [-0.1, -0.05) is 49.8 Å². The Morgan fingerprint density at radius 2 is 2.00 bits per heavy atom. The van der Waals surface area contributed by atoms with Gasteiger partial charge in [0.1, 0.15) is 5.78 Å². The highest BCUT2D eigenvalue weighted by atomic mass is 16.3. The van der Waals surface area contributed by atoms with Crippen LogP contribution in [0.5, 0.6) is 0 Å². The van der Waals surface area contributed by atoms with Crippen molar-refractivity contribution in [3.8, 4) is 0 Å². The van der Waals surface area contributed by atoms with E-state index in [2.05, 4.69) is 0 Å². The maximum atomic E-state index is 11.4. The van der Waals surface area contributed by atoms with E-state index in [4.69, 9.17) is 5.11 Å². The lowest BCUT2D eigenvalue weighted by atomic mass is 9.83. The highest BCUT2D eigenvalue weighted by Gasteiger charge is 2.26. The summed E-state index contributed by atoms with van der Waals surface area (Å²) >= 11 is 0. The topological polar surface area (TPSA) is 57.5 Å². The smallest absolute Gasteiger partial charge is 0.135 e. The van der Waals surface area contributed by atoms with E-state index < -0.39 is 6.10 Å². The van der Waals surface area contributed by atoms with Gasteiger partial charge in [-0.3, -0.25) is 4.79 Å². The molecular formula is C17H24O3. The van der Waals surface area contributed by atoms with Crippen LogP contribution in [-0.4, -0.2) is 28.7 Å². The quantitative estimate of drug-likeness (QED) is 0.840. The Labute approximate surface area is 121 Å². The third-order valence-corrected chi connectivity index (χ3v) is 3.80. The second kappa shape index (κ2) is 7.36. The van der Waals surface area contributed by atoms with Crippen molar-refractivity contribution in [3.63, 3.8) is 0 Å². The number of Topliss-reactive ketones (excluding diaryl/α,β-unsaturated/α-hetero) is 1. The summed E-state index contributed by atoms with van der Waals surface area (Å²) < 4.78 is 0. The average molecular weight is 276 g/mol. The van der Waals surface area contributed by atoms with Crippen LogP contribution in [0.25, 0.3) is 6.08 Å². The van der Waals surface area contributed by atoms with E-state index in [1.165, 1.54) is 6.92 Å². The molecule has 0 fully saturated rings. The van der Waals surface area contributed by atoms with Crippen LogP contribution in [0.2, 0.25) is 0 Å². The third kappa shape index (κ3) is 4.02. The van der Waals surface area contributed by atoms with Crippen LogP contribution < -0.4 is 0 Å². The van der Waals surface area contributed by atoms with Crippen LogP contribution in [0.15, 0.2) is 24.3 Å². The number of hydrogen-bond acceptors (Lipinski definition) is 3. The van der Waals surface area contributed by atoms with E-state index in [9.17, 15) is 9.90 Å². The fourth-order valence-corrected chi connectivity index (χ4v) is 2.29. The van der Waals surface area contributed by atoms with Gasteiger partial charge >= 0.3 is 0 Å². The van der Waals surface area contributed by atoms with E-state index in [0.29, 0.717) is 0 Å². The molecule has 0 saturated carbocycles. The standard InChI is InChI=1S/C17H24O3/c1-11-7-8-16(15(10-11)6-5-9-18)13(3)17(20)12(2)14(4)19/h5-8,10,12-13,17-18,20H,9H2,1-4H3/b6-5+/t12-,13+,17+/m0/s1. The predicted octanol–water partition coefficient (Wildman–Crippen LogP) is 2.69. The van der Waals surface area contributed by atoms with Crippen molar-refractivity contribution < 1.29 is 15.0 Å². The van der Waals surface area contributed by atoms with E-state index in [0.717, 1.165) is 16.7 Å². The molecular weight excluding hydrogens is 252 g/mol. The zero-order valence-corrected chi connectivity index (χ0v) is 12.6. The summed E-state index contributed by atoms with van der Waals surface area (Å²) in [4.78, 5) is 11.4. The molecule has 2 N–H and O–H groups in total. The van der Waals surface area contributed by atoms with Crippen LogP contribution >= 0.6 is 0 Å². The molecule has 3 heteroatoms. The molecule has 0 aromatic heterocycles. The van der Waals surface area contributed by atoms with Gasteiger partial charge in [0.25, 0.3) is 0 Å². The summed E-state index contributed by atoms with van der Waals surface area (Å²) in [5, 5.41) is 19.3. The molecule has 20 heavy (non-hydrogen) atoms. The number of rotatable bonds is 6. The van der Waals surface area contributed by atoms with Crippen molar-refractivity contribution in [2.75, 3.05) is 6.61 Å². The Hall–Kier alpha value is -1.45. The Morgan fingerprint density at radius 1 is 1.35 bits per heavy atom. The van der Waals surface area contributed by atoms with Gasteiger partial charge in [0.2, 0.25) is 0 Å². The number of carbonyl (C=O) groups is 1. The minimum Gasteiger partial charge on any atom is -0.392 e. The summed E-state index contributed by atoms with van der Waals surface area (Å²) in [6.45, 7) is 7.15. The molecule has 0 amide bonds. The lowest BCUT2D eigenvalue weighted by Gasteiger charge is -2.25. The van der Waals surface area contributed by atoms with Crippen LogP contribution in [-0.2, 0) is 4.79 Å². The first-order chi connectivity index (χ1) is 9.38. The lowest BCUT2D eigenvalue weighted by Crippen LogP contribution is -2.29. The highest BCUT2D eigenvalue weighted by Crippen LogP contribution is 2.28. The normalized spacial score (nSPS) is 16.1. The fraction of sp³-hybridized carbons (Fsp3) is 0.471. The first kappa shape index (κ1) is 16.6. The van der Waals surface area contributed by atoms with Gasteiger partial charge in [-0.2, -0.15) is 0 Å². The molecule has 0 unspecified atom stereocenters. The van der Waals surface area contributed by atoms with E-state index in [1.807, 2.05) is 38.1 Å². The molecule has 0 radical (unpaired) electrons. The maximum absolute atomic E-state index is 11.4. The van der Waals surface area contributed by atoms with Crippen molar-refractivity contribution in [2.45, 2.75) is 39.7 Å². The molecule has 0 aliphatic heterocycles.